The van der Waals surface area contributed by atoms with Gasteiger partial charge in [0.1, 0.15) is 0 Å². The average Bonchev–Trinajstić information content (AvgIpc) is 2.19. The Balaban J connectivity index is 2.10. The third-order valence-corrected chi connectivity index (χ3v) is 2.63. The van der Waals surface area contributed by atoms with Gasteiger partial charge in [-0.1, -0.05) is 6.07 Å². The second-order valence-electron chi connectivity index (χ2n) is 3.88. The minimum absolute atomic E-state index is 0.145. The van der Waals surface area contributed by atoms with Gasteiger partial charge in [-0.2, -0.15) is 0 Å². The van der Waals surface area contributed by atoms with Gasteiger partial charge in [-0.15, -0.1) is 0 Å². The number of hydrogen-bond acceptors (Lipinski definition) is 3. The van der Waals surface area contributed by atoms with E-state index in [-0.39, 0.29) is 12.1 Å². The fourth-order valence-corrected chi connectivity index (χ4v) is 1.72. The highest BCUT2D eigenvalue weighted by atomic mass is 16.5. The van der Waals surface area contributed by atoms with E-state index in [4.69, 9.17) is 10.5 Å². The molecule has 2 heterocycles. The van der Waals surface area contributed by atoms with Gasteiger partial charge in [-0.25, -0.2) is 0 Å². The molecule has 0 saturated carbocycles. The number of aryl methyl sites for hydroxylation is 1. The van der Waals surface area contributed by atoms with Crippen LogP contribution in [0.15, 0.2) is 18.3 Å². The molecule has 1 fully saturated rings. The molecule has 0 bridgehead atoms. The van der Waals surface area contributed by atoms with Crippen LogP contribution in [-0.4, -0.2) is 17.6 Å². The molecule has 14 heavy (non-hydrogen) atoms. The van der Waals surface area contributed by atoms with Gasteiger partial charge in [0, 0.05) is 24.5 Å². The lowest BCUT2D eigenvalue weighted by Gasteiger charge is -2.27. The van der Waals surface area contributed by atoms with Crippen LogP contribution >= 0.6 is 0 Å². The summed E-state index contributed by atoms with van der Waals surface area (Å²) in [7, 11) is 0. The number of rotatable bonds is 1. The van der Waals surface area contributed by atoms with Crippen LogP contribution in [-0.2, 0) is 4.74 Å². The smallest absolute Gasteiger partial charge is 0.0854 e. The van der Waals surface area contributed by atoms with Crippen molar-refractivity contribution in [2.75, 3.05) is 6.61 Å². The van der Waals surface area contributed by atoms with Crippen molar-refractivity contribution in [3.05, 3.63) is 29.6 Å². The first kappa shape index (κ1) is 9.62. The van der Waals surface area contributed by atoms with Gasteiger partial charge in [0.15, 0.2) is 0 Å². The summed E-state index contributed by atoms with van der Waals surface area (Å²) in [5.41, 5.74) is 8.07. The van der Waals surface area contributed by atoms with Gasteiger partial charge in [0.05, 0.1) is 6.10 Å². The summed E-state index contributed by atoms with van der Waals surface area (Å²) < 4.78 is 5.65. The molecule has 2 N–H and O–H groups in total. The predicted octanol–water partition coefficient (Wildman–Crippen LogP) is 1.57. The van der Waals surface area contributed by atoms with E-state index in [0.29, 0.717) is 0 Å². The fraction of sp³-hybridized carbons (Fsp3) is 0.545. The summed E-state index contributed by atoms with van der Waals surface area (Å²) in [6, 6.07) is 4.36. The summed E-state index contributed by atoms with van der Waals surface area (Å²) >= 11 is 0. The molecule has 76 valence electrons. The molecule has 0 aromatic carbocycles. The van der Waals surface area contributed by atoms with E-state index < -0.39 is 0 Å². The summed E-state index contributed by atoms with van der Waals surface area (Å²) in [4.78, 5) is 4.26. The Bertz CT molecular complexity index is 297. The zero-order valence-electron chi connectivity index (χ0n) is 8.44. The van der Waals surface area contributed by atoms with Crippen molar-refractivity contribution in [2.45, 2.75) is 31.9 Å². The van der Waals surface area contributed by atoms with Gasteiger partial charge < -0.3 is 10.5 Å². The minimum atomic E-state index is 0.145. The third kappa shape index (κ3) is 2.11. The molecule has 3 heteroatoms. The Morgan fingerprint density at radius 2 is 2.36 bits per heavy atom. The second-order valence-corrected chi connectivity index (χ2v) is 3.88. The van der Waals surface area contributed by atoms with Crippen LogP contribution in [0.1, 0.15) is 30.2 Å². The van der Waals surface area contributed by atoms with Crippen LogP contribution in [0.4, 0.5) is 0 Å². The molecule has 1 saturated heterocycles. The van der Waals surface area contributed by atoms with Crippen LogP contribution < -0.4 is 5.73 Å². The zero-order valence-corrected chi connectivity index (χ0v) is 8.44. The first-order chi connectivity index (χ1) is 6.75. The topological polar surface area (TPSA) is 48.1 Å². The normalized spacial score (nSPS) is 27.6. The monoisotopic (exact) mass is 192 g/mol. The van der Waals surface area contributed by atoms with Crippen LogP contribution in [0.5, 0.6) is 0 Å². The van der Waals surface area contributed by atoms with Crippen molar-refractivity contribution in [3.8, 4) is 0 Å². The van der Waals surface area contributed by atoms with Gasteiger partial charge >= 0.3 is 0 Å². The van der Waals surface area contributed by atoms with E-state index in [1.807, 2.05) is 19.2 Å². The lowest BCUT2D eigenvalue weighted by molar-refractivity contribution is 0.00647. The molecule has 2 atom stereocenters. The highest BCUT2D eigenvalue weighted by Gasteiger charge is 2.21. The number of ether oxygens (including phenoxy) is 1. The van der Waals surface area contributed by atoms with E-state index in [1.165, 1.54) is 0 Å². The minimum Gasteiger partial charge on any atom is -0.373 e. The maximum Gasteiger partial charge on any atom is 0.0854 e. The van der Waals surface area contributed by atoms with Gasteiger partial charge in [0.2, 0.25) is 0 Å². The van der Waals surface area contributed by atoms with Crippen molar-refractivity contribution in [1.29, 1.82) is 0 Å². The van der Waals surface area contributed by atoms with Crippen molar-refractivity contribution in [1.82, 2.24) is 4.98 Å². The Labute approximate surface area is 84.3 Å². The van der Waals surface area contributed by atoms with Crippen molar-refractivity contribution >= 4 is 0 Å². The van der Waals surface area contributed by atoms with E-state index in [0.717, 1.165) is 30.7 Å². The SMILES string of the molecule is Cc1ccc(C2CC(N)CCO2)cn1. The molecule has 2 rings (SSSR count). The Kier molecular flexibility index (Phi) is 2.79. The molecule has 1 aliphatic heterocycles. The zero-order chi connectivity index (χ0) is 9.97. The molecule has 0 amide bonds. The van der Waals surface area contributed by atoms with Crippen LogP contribution in [0.2, 0.25) is 0 Å². The second kappa shape index (κ2) is 4.07. The third-order valence-electron chi connectivity index (χ3n) is 2.63. The maximum atomic E-state index is 5.89. The number of nitrogens with zero attached hydrogens (tertiary/aromatic N) is 1. The quantitative estimate of drug-likeness (QED) is 0.734. The van der Waals surface area contributed by atoms with E-state index in [9.17, 15) is 0 Å². The first-order valence-corrected chi connectivity index (χ1v) is 5.05. The molecule has 2 unspecified atom stereocenters. The molecule has 0 spiro atoms. The largest absolute Gasteiger partial charge is 0.373 e. The predicted molar refractivity (Wildman–Crippen MR) is 54.9 cm³/mol. The fourth-order valence-electron chi connectivity index (χ4n) is 1.72. The number of nitrogens with two attached hydrogens (primary N) is 1. The highest BCUT2D eigenvalue weighted by Crippen LogP contribution is 2.26. The maximum absolute atomic E-state index is 5.89. The summed E-state index contributed by atoms with van der Waals surface area (Å²) in [6.45, 7) is 2.75. The number of hydrogen-bond donors (Lipinski definition) is 1. The van der Waals surface area contributed by atoms with Gasteiger partial charge in [-0.3, -0.25) is 4.98 Å². The molecule has 1 aromatic rings. The molecule has 1 aliphatic rings. The van der Waals surface area contributed by atoms with E-state index >= 15 is 0 Å². The molecular weight excluding hydrogens is 176 g/mol. The summed E-state index contributed by atoms with van der Waals surface area (Å²) in [5.74, 6) is 0. The highest BCUT2D eigenvalue weighted by molar-refractivity contribution is 5.16. The van der Waals surface area contributed by atoms with E-state index in [2.05, 4.69) is 11.1 Å². The van der Waals surface area contributed by atoms with Gasteiger partial charge in [0.25, 0.3) is 0 Å². The lowest BCUT2D eigenvalue weighted by Crippen LogP contribution is -2.30. The Hall–Kier alpha value is -0.930. The lowest BCUT2D eigenvalue weighted by atomic mass is 9.99. The van der Waals surface area contributed by atoms with Crippen LogP contribution in [0.3, 0.4) is 0 Å². The Morgan fingerprint density at radius 1 is 1.50 bits per heavy atom. The van der Waals surface area contributed by atoms with Crippen LogP contribution in [0, 0.1) is 6.92 Å². The molecule has 3 nitrogen and oxygen atoms in total. The molecule has 0 radical (unpaired) electrons. The average molecular weight is 192 g/mol. The number of pyridine rings is 1. The molecular formula is C11H16N2O. The van der Waals surface area contributed by atoms with Crippen LogP contribution in [0.25, 0.3) is 0 Å². The van der Waals surface area contributed by atoms with Gasteiger partial charge in [-0.05, 0) is 31.4 Å². The molecule has 1 aromatic heterocycles. The first-order valence-electron chi connectivity index (χ1n) is 5.05. The molecule has 0 aliphatic carbocycles. The van der Waals surface area contributed by atoms with Crippen molar-refractivity contribution in [2.24, 2.45) is 5.73 Å². The van der Waals surface area contributed by atoms with E-state index in [1.54, 1.807) is 0 Å². The number of aromatic nitrogens is 1. The van der Waals surface area contributed by atoms with Crippen molar-refractivity contribution in [3.63, 3.8) is 0 Å². The Morgan fingerprint density at radius 3 is 3.00 bits per heavy atom. The van der Waals surface area contributed by atoms with Crippen molar-refractivity contribution < 1.29 is 4.74 Å². The standard InChI is InChI=1S/C11H16N2O/c1-8-2-3-9(7-13-8)11-6-10(12)4-5-14-11/h2-3,7,10-11H,4-6,12H2,1H3. The summed E-state index contributed by atoms with van der Waals surface area (Å²) in [5, 5.41) is 0. The summed E-state index contributed by atoms with van der Waals surface area (Å²) in [6.07, 6.45) is 3.91.